The Morgan fingerprint density at radius 2 is 1.78 bits per heavy atom. The lowest BCUT2D eigenvalue weighted by molar-refractivity contribution is -0.111. The maximum atomic E-state index is 12.4. The van der Waals surface area contributed by atoms with Crippen LogP contribution in [-0.2, 0) is 4.79 Å². The molecule has 0 aliphatic heterocycles. The highest BCUT2D eigenvalue weighted by Gasteiger charge is 2.12. The molecular weight excluding hydrogens is 371 g/mol. The second kappa shape index (κ2) is 7.83. The summed E-state index contributed by atoms with van der Waals surface area (Å²) >= 11 is 1.62. The molecule has 0 fully saturated rings. The number of rotatable bonds is 4. The van der Waals surface area contributed by atoms with E-state index in [0.29, 0.717) is 0 Å². The van der Waals surface area contributed by atoms with Crippen LogP contribution in [0.1, 0.15) is 5.56 Å². The van der Waals surface area contributed by atoms with E-state index in [-0.39, 0.29) is 5.91 Å². The minimum absolute atomic E-state index is 0.169. The summed E-state index contributed by atoms with van der Waals surface area (Å²) in [6.07, 6.45) is 3.35. The summed E-state index contributed by atoms with van der Waals surface area (Å²) in [4.78, 5) is 17.1. The maximum absolute atomic E-state index is 12.4. The number of thiazole rings is 1. The number of hydrogen-bond acceptors (Lipinski definition) is 3. The van der Waals surface area contributed by atoms with Crippen molar-refractivity contribution in [3.8, 4) is 10.6 Å². The van der Waals surface area contributed by atoms with Crippen LogP contribution in [0.2, 0.25) is 0 Å². The van der Waals surface area contributed by atoms with Crippen molar-refractivity contribution in [1.82, 2.24) is 4.98 Å². The molecule has 1 unspecified atom stereocenters. The number of carbonyl (C=O) groups is 1. The SMILES string of the molecule is O=C(/C=C/c1ccccc1)Nc1ccc(P)cc1-c1nc2ccccc2s1. The van der Waals surface area contributed by atoms with Gasteiger partial charge in [-0.15, -0.1) is 20.6 Å². The van der Waals surface area contributed by atoms with Crippen LogP contribution in [0, 0.1) is 0 Å². The number of aromatic nitrogens is 1. The molecule has 1 aromatic heterocycles. The number of amides is 1. The van der Waals surface area contributed by atoms with Gasteiger partial charge >= 0.3 is 0 Å². The van der Waals surface area contributed by atoms with E-state index in [2.05, 4.69) is 20.6 Å². The van der Waals surface area contributed by atoms with E-state index in [1.54, 1.807) is 23.5 Å². The van der Waals surface area contributed by atoms with Crippen molar-refractivity contribution < 1.29 is 4.79 Å². The van der Waals surface area contributed by atoms with E-state index >= 15 is 0 Å². The van der Waals surface area contributed by atoms with Crippen molar-refractivity contribution >= 4 is 53.8 Å². The number of fused-ring (bicyclic) bond motifs is 1. The van der Waals surface area contributed by atoms with Crippen LogP contribution in [0.4, 0.5) is 5.69 Å². The van der Waals surface area contributed by atoms with Gasteiger partial charge in [0.15, 0.2) is 0 Å². The second-order valence-corrected chi connectivity index (χ2v) is 7.72. The summed E-state index contributed by atoms with van der Waals surface area (Å²) in [6.45, 7) is 0. The fourth-order valence-electron chi connectivity index (χ4n) is 2.75. The Balaban J connectivity index is 1.63. The number of nitrogens with zero attached hydrogens (tertiary/aromatic N) is 1. The smallest absolute Gasteiger partial charge is 0.248 e. The third-order valence-corrected chi connectivity index (χ3v) is 5.48. The lowest BCUT2D eigenvalue weighted by Gasteiger charge is -2.09. The third-order valence-electron chi connectivity index (χ3n) is 4.05. The van der Waals surface area contributed by atoms with Gasteiger partial charge in [0.2, 0.25) is 5.91 Å². The predicted octanol–water partition coefficient (Wildman–Crippen LogP) is 5.12. The van der Waals surface area contributed by atoms with Crippen molar-refractivity contribution in [1.29, 1.82) is 0 Å². The lowest BCUT2D eigenvalue weighted by atomic mass is 10.1. The Labute approximate surface area is 164 Å². The average Bonchev–Trinajstić information content (AvgIpc) is 3.12. The normalized spacial score (nSPS) is 11.1. The fourth-order valence-corrected chi connectivity index (χ4v) is 4.00. The Morgan fingerprint density at radius 1 is 1.00 bits per heavy atom. The Morgan fingerprint density at radius 3 is 2.59 bits per heavy atom. The van der Waals surface area contributed by atoms with E-state index < -0.39 is 0 Å². The quantitative estimate of drug-likeness (QED) is 0.390. The van der Waals surface area contributed by atoms with Crippen molar-refractivity contribution in [2.45, 2.75) is 0 Å². The molecule has 1 atom stereocenters. The third kappa shape index (κ3) is 4.13. The molecule has 0 bridgehead atoms. The van der Waals surface area contributed by atoms with E-state index in [0.717, 1.165) is 37.3 Å². The largest absolute Gasteiger partial charge is 0.322 e. The number of para-hydroxylation sites is 1. The van der Waals surface area contributed by atoms with Gasteiger partial charge in [0.25, 0.3) is 0 Å². The van der Waals surface area contributed by atoms with Gasteiger partial charge in [0.1, 0.15) is 5.01 Å². The molecular formula is C22H17N2OPS. The summed E-state index contributed by atoms with van der Waals surface area (Å²) in [7, 11) is 2.70. The van der Waals surface area contributed by atoms with E-state index in [9.17, 15) is 4.79 Å². The van der Waals surface area contributed by atoms with Gasteiger partial charge in [-0.2, -0.15) is 0 Å². The van der Waals surface area contributed by atoms with E-state index in [1.165, 1.54) is 0 Å². The van der Waals surface area contributed by atoms with Crippen molar-refractivity contribution in [3.05, 3.63) is 84.4 Å². The highest BCUT2D eigenvalue weighted by molar-refractivity contribution is 7.27. The zero-order chi connectivity index (χ0) is 18.6. The minimum Gasteiger partial charge on any atom is -0.322 e. The van der Waals surface area contributed by atoms with Crippen LogP contribution in [0.3, 0.4) is 0 Å². The molecule has 0 saturated carbocycles. The van der Waals surface area contributed by atoms with Crippen LogP contribution < -0.4 is 10.6 Å². The Hall–Kier alpha value is -2.81. The molecule has 0 saturated heterocycles. The topological polar surface area (TPSA) is 42.0 Å². The van der Waals surface area contributed by atoms with Gasteiger partial charge in [0.05, 0.1) is 15.9 Å². The van der Waals surface area contributed by atoms with Gasteiger partial charge in [-0.3, -0.25) is 4.79 Å². The Bertz CT molecular complexity index is 1100. The van der Waals surface area contributed by atoms with Crippen molar-refractivity contribution in [2.24, 2.45) is 0 Å². The van der Waals surface area contributed by atoms with Crippen LogP contribution in [-0.4, -0.2) is 10.9 Å². The molecule has 5 heteroatoms. The Kier molecular flexibility index (Phi) is 5.10. The van der Waals surface area contributed by atoms with Crippen LogP contribution in [0.15, 0.2) is 78.9 Å². The molecule has 3 nitrogen and oxygen atoms in total. The first kappa shape index (κ1) is 17.6. The van der Waals surface area contributed by atoms with Gasteiger partial charge in [-0.05, 0) is 41.2 Å². The summed E-state index contributed by atoms with van der Waals surface area (Å²) < 4.78 is 1.13. The maximum Gasteiger partial charge on any atom is 0.248 e. The first-order valence-electron chi connectivity index (χ1n) is 8.49. The number of hydrogen-bond donors (Lipinski definition) is 1. The summed E-state index contributed by atoms with van der Waals surface area (Å²) in [6, 6.07) is 23.7. The molecule has 27 heavy (non-hydrogen) atoms. The van der Waals surface area contributed by atoms with Crippen molar-refractivity contribution in [3.63, 3.8) is 0 Å². The standard InChI is InChI=1S/C22H17N2OPS/c25-21(13-10-15-6-2-1-3-7-15)23-18-12-11-16(26)14-17(18)22-24-19-8-4-5-9-20(19)27-22/h1-14H,26H2,(H,23,25)/b13-10+. The van der Waals surface area contributed by atoms with Gasteiger partial charge in [0, 0.05) is 11.6 Å². The zero-order valence-electron chi connectivity index (χ0n) is 14.4. The number of nitrogens with one attached hydrogen (secondary N) is 1. The lowest BCUT2D eigenvalue weighted by Crippen LogP contribution is -2.09. The van der Waals surface area contributed by atoms with Crippen LogP contribution in [0.25, 0.3) is 26.9 Å². The van der Waals surface area contributed by atoms with E-state index in [1.807, 2.05) is 66.7 Å². The van der Waals surface area contributed by atoms with Gasteiger partial charge in [-0.1, -0.05) is 48.5 Å². The molecule has 4 rings (SSSR count). The second-order valence-electron chi connectivity index (χ2n) is 6.03. The van der Waals surface area contributed by atoms with Crippen LogP contribution in [0.5, 0.6) is 0 Å². The molecule has 1 heterocycles. The van der Waals surface area contributed by atoms with Crippen molar-refractivity contribution in [2.75, 3.05) is 5.32 Å². The number of anilines is 1. The molecule has 1 N–H and O–H groups in total. The minimum atomic E-state index is -0.169. The monoisotopic (exact) mass is 388 g/mol. The molecule has 0 aliphatic rings. The zero-order valence-corrected chi connectivity index (χ0v) is 16.4. The molecule has 132 valence electrons. The summed E-state index contributed by atoms with van der Waals surface area (Å²) in [5, 5.41) is 4.92. The number of benzene rings is 3. The average molecular weight is 388 g/mol. The summed E-state index contributed by atoms with van der Waals surface area (Å²) in [5.74, 6) is -0.169. The molecule has 0 radical (unpaired) electrons. The first-order valence-corrected chi connectivity index (χ1v) is 9.88. The van der Waals surface area contributed by atoms with Gasteiger partial charge in [-0.25, -0.2) is 4.98 Å². The first-order chi connectivity index (χ1) is 13.2. The summed E-state index contributed by atoms with van der Waals surface area (Å²) in [5.41, 5.74) is 3.63. The molecule has 0 spiro atoms. The van der Waals surface area contributed by atoms with Crippen LogP contribution >= 0.6 is 20.6 Å². The fraction of sp³-hybridized carbons (Fsp3) is 0. The van der Waals surface area contributed by atoms with Gasteiger partial charge < -0.3 is 5.32 Å². The molecule has 1 amide bonds. The highest BCUT2D eigenvalue weighted by atomic mass is 32.1. The molecule has 0 aliphatic carbocycles. The predicted molar refractivity (Wildman–Crippen MR) is 119 cm³/mol. The molecule has 3 aromatic carbocycles. The van der Waals surface area contributed by atoms with E-state index in [4.69, 9.17) is 4.98 Å². The molecule has 4 aromatic rings. The highest BCUT2D eigenvalue weighted by Crippen LogP contribution is 2.34. The number of carbonyl (C=O) groups excluding carboxylic acids is 1.